The van der Waals surface area contributed by atoms with Crippen molar-refractivity contribution in [1.82, 2.24) is 9.78 Å². The Morgan fingerprint density at radius 2 is 1.92 bits per heavy atom. The van der Waals surface area contributed by atoms with Crippen LogP contribution in [0.1, 0.15) is 50.6 Å². The first-order valence-electron chi connectivity index (χ1n) is 5.17. The van der Waals surface area contributed by atoms with Crippen molar-refractivity contribution in [2.75, 3.05) is 0 Å². The number of aryl methyl sites for hydroxylation is 2. The van der Waals surface area contributed by atoms with Crippen LogP contribution >= 0.6 is 0 Å². The summed E-state index contributed by atoms with van der Waals surface area (Å²) in [6.07, 6.45) is 1.04. The summed E-state index contributed by atoms with van der Waals surface area (Å²) in [5, 5.41) is 4.58. The lowest BCUT2D eigenvalue weighted by Crippen LogP contribution is -2.04. The van der Waals surface area contributed by atoms with Crippen molar-refractivity contribution >= 4 is 0 Å². The minimum Gasteiger partial charge on any atom is -0.269 e. The fourth-order valence-electron chi connectivity index (χ4n) is 1.92. The Balaban J connectivity index is 3.20. The molecule has 0 radical (unpaired) electrons. The molecule has 1 aromatic heterocycles. The molecule has 0 spiro atoms. The third kappa shape index (κ3) is 1.77. The van der Waals surface area contributed by atoms with Gasteiger partial charge in [0.05, 0.1) is 5.69 Å². The van der Waals surface area contributed by atoms with Crippen LogP contribution in [0.5, 0.6) is 0 Å². The molecule has 0 aliphatic heterocycles. The van der Waals surface area contributed by atoms with Crippen molar-refractivity contribution in [1.29, 1.82) is 0 Å². The highest BCUT2D eigenvalue weighted by Crippen LogP contribution is 2.22. The predicted molar refractivity (Wildman–Crippen MR) is 56.1 cm³/mol. The lowest BCUT2D eigenvalue weighted by molar-refractivity contribution is 0.591. The summed E-state index contributed by atoms with van der Waals surface area (Å²) in [5.41, 5.74) is 4.05. The number of hydrogen-bond donors (Lipinski definition) is 0. The highest BCUT2D eigenvalue weighted by molar-refractivity contribution is 5.27. The van der Waals surface area contributed by atoms with Crippen molar-refractivity contribution in [3.05, 3.63) is 17.0 Å². The van der Waals surface area contributed by atoms with Crippen molar-refractivity contribution < 1.29 is 0 Å². The largest absolute Gasteiger partial charge is 0.269 e. The van der Waals surface area contributed by atoms with Crippen molar-refractivity contribution in [3.63, 3.8) is 0 Å². The average molecular weight is 180 g/mol. The van der Waals surface area contributed by atoms with Gasteiger partial charge in [0.2, 0.25) is 0 Å². The van der Waals surface area contributed by atoms with Gasteiger partial charge in [0.1, 0.15) is 0 Å². The summed E-state index contributed by atoms with van der Waals surface area (Å²) in [7, 11) is 0. The second kappa shape index (κ2) is 3.95. The molecule has 0 saturated heterocycles. The molecule has 0 aliphatic rings. The highest BCUT2D eigenvalue weighted by atomic mass is 15.3. The molecule has 1 aromatic rings. The predicted octanol–water partition coefficient (Wildman–Crippen LogP) is 2.90. The molecule has 13 heavy (non-hydrogen) atoms. The van der Waals surface area contributed by atoms with Crippen LogP contribution in [0.15, 0.2) is 0 Å². The van der Waals surface area contributed by atoms with Gasteiger partial charge in [-0.2, -0.15) is 5.10 Å². The average Bonchev–Trinajstić information content (AvgIpc) is 2.41. The Bertz CT molecular complexity index is 285. The molecule has 2 nitrogen and oxygen atoms in total. The SMILES string of the molecule is CCc1nn(CC)c(C(C)C)c1C. The van der Waals surface area contributed by atoms with E-state index in [9.17, 15) is 0 Å². The molecule has 0 aromatic carbocycles. The smallest absolute Gasteiger partial charge is 0.0654 e. The molecule has 0 bridgehead atoms. The minimum atomic E-state index is 0.577. The maximum Gasteiger partial charge on any atom is 0.0654 e. The van der Waals surface area contributed by atoms with E-state index in [1.54, 1.807) is 0 Å². The van der Waals surface area contributed by atoms with Crippen molar-refractivity contribution in [2.24, 2.45) is 0 Å². The Morgan fingerprint density at radius 3 is 2.23 bits per heavy atom. The number of hydrogen-bond acceptors (Lipinski definition) is 1. The summed E-state index contributed by atoms with van der Waals surface area (Å²) in [6.45, 7) is 11.9. The van der Waals surface area contributed by atoms with E-state index in [0.29, 0.717) is 5.92 Å². The Morgan fingerprint density at radius 1 is 1.31 bits per heavy atom. The summed E-state index contributed by atoms with van der Waals surface area (Å²) in [4.78, 5) is 0. The van der Waals surface area contributed by atoms with Crippen LogP contribution < -0.4 is 0 Å². The van der Waals surface area contributed by atoms with E-state index in [1.165, 1.54) is 17.0 Å². The molecule has 0 fully saturated rings. The van der Waals surface area contributed by atoms with Crippen LogP contribution in [0.3, 0.4) is 0 Å². The fraction of sp³-hybridized carbons (Fsp3) is 0.727. The molecule has 1 rings (SSSR count). The first kappa shape index (κ1) is 10.3. The van der Waals surface area contributed by atoms with E-state index in [0.717, 1.165) is 13.0 Å². The standard InChI is InChI=1S/C11H20N2/c1-6-10-9(5)11(8(3)4)13(7-2)12-10/h8H,6-7H2,1-5H3. The van der Waals surface area contributed by atoms with Gasteiger partial charge in [-0.1, -0.05) is 20.8 Å². The van der Waals surface area contributed by atoms with Gasteiger partial charge in [0.25, 0.3) is 0 Å². The van der Waals surface area contributed by atoms with Crippen LogP contribution in [0.25, 0.3) is 0 Å². The lowest BCUT2D eigenvalue weighted by atomic mass is 10.0. The second-order valence-electron chi connectivity index (χ2n) is 3.78. The molecule has 0 atom stereocenters. The molecule has 0 aliphatic carbocycles. The van der Waals surface area contributed by atoms with E-state index < -0.39 is 0 Å². The van der Waals surface area contributed by atoms with Crippen molar-refractivity contribution in [2.45, 2.75) is 53.5 Å². The number of nitrogens with zero attached hydrogens (tertiary/aromatic N) is 2. The van der Waals surface area contributed by atoms with E-state index in [-0.39, 0.29) is 0 Å². The third-order valence-electron chi connectivity index (χ3n) is 2.52. The molecular weight excluding hydrogens is 160 g/mol. The summed E-state index contributed by atoms with van der Waals surface area (Å²) in [5.74, 6) is 0.577. The maximum atomic E-state index is 4.58. The minimum absolute atomic E-state index is 0.577. The second-order valence-corrected chi connectivity index (χ2v) is 3.78. The van der Waals surface area contributed by atoms with Gasteiger partial charge >= 0.3 is 0 Å². The maximum absolute atomic E-state index is 4.58. The van der Waals surface area contributed by atoms with Gasteiger partial charge in [-0.25, -0.2) is 0 Å². The Labute approximate surface area is 81.0 Å². The van der Waals surface area contributed by atoms with E-state index in [2.05, 4.69) is 44.4 Å². The van der Waals surface area contributed by atoms with E-state index in [1.807, 2.05) is 0 Å². The molecule has 0 amide bonds. The van der Waals surface area contributed by atoms with Gasteiger partial charge in [-0.05, 0) is 31.7 Å². The van der Waals surface area contributed by atoms with Crippen LogP contribution in [-0.2, 0) is 13.0 Å². The first-order valence-corrected chi connectivity index (χ1v) is 5.17. The van der Waals surface area contributed by atoms with Crippen LogP contribution in [0.2, 0.25) is 0 Å². The quantitative estimate of drug-likeness (QED) is 0.699. The highest BCUT2D eigenvalue weighted by Gasteiger charge is 2.14. The van der Waals surface area contributed by atoms with E-state index in [4.69, 9.17) is 0 Å². The van der Waals surface area contributed by atoms with E-state index >= 15 is 0 Å². The van der Waals surface area contributed by atoms with Gasteiger partial charge in [-0.15, -0.1) is 0 Å². The number of aromatic nitrogens is 2. The lowest BCUT2D eigenvalue weighted by Gasteiger charge is -2.08. The third-order valence-corrected chi connectivity index (χ3v) is 2.52. The molecule has 0 saturated carbocycles. The fourth-order valence-corrected chi connectivity index (χ4v) is 1.92. The van der Waals surface area contributed by atoms with Gasteiger partial charge < -0.3 is 0 Å². The van der Waals surface area contributed by atoms with Gasteiger partial charge in [-0.3, -0.25) is 4.68 Å². The number of rotatable bonds is 3. The van der Waals surface area contributed by atoms with Crippen LogP contribution in [-0.4, -0.2) is 9.78 Å². The topological polar surface area (TPSA) is 17.8 Å². The summed E-state index contributed by atoms with van der Waals surface area (Å²) in [6, 6.07) is 0. The van der Waals surface area contributed by atoms with Crippen LogP contribution in [0.4, 0.5) is 0 Å². The zero-order valence-electron chi connectivity index (χ0n) is 9.39. The molecule has 0 unspecified atom stereocenters. The summed E-state index contributed by atoms with van der Waals surface area (Å²) >= 11 is 0. The van der Waals surface area contributed by atoms with Crippen LogP contribution in [0, 0.1) is 6.92 Å². The molecule has 0 N–H and O–H groups in total. The Hall–Kier alpha value is -0.790. The van der Waals surface area contributed by atoms with Gasteiger partial charge in [0, 0.05) is 12.2 Å². The van der Waals surface area contributed by atoms with Crippen molar-refractivity contribution in [3.8, 4) is 0 Å². The Kier molecular flexibility index (Phi) is 3.12. The zero-order chi connectivity index (χ0) is 10.0. The summed E-state index contributed by atoms with van der Waals surface area (Å²) < 4.78 is 2.14. The first-order chi connectivity index (χ1) is 6.11. The molecule has 2 heteroatoms. The zero-order valence-corrected chi connectivity index (χ0v) is 9.39. The van der Waals surface area contributed by atoms with Gasteiger partial charge in [0.15, 0.2) is 0 Å². The molecule has 1 heterocycles. The normalized spacial score (nSPS) is 11.2. The molecule has 74 valence electrons. The molecular formula is C11H20N2. The monoisotopic (exact) mass is 180 g/mol.